The molecular weight excluding hydrogens is 288 g/mol. The van der Waals surface area contributed by atoms with Crippen molar-refractivity contribution in [1.82, 2.24) is 10.2 Å². The fourth-order valence-electron chi connectivity index (χ4n) is 3.46. The van der Waals surface area contributed by atoms with Crippen molar-refractivity contribution in [3.8, 4) is 0 Å². The molecule has 1 rings (SSSR count). The molecule has 2 atom stereocenters. The molecule has 0 aromatic heterocycles. The number of carbonyl (C=O) groups excluding carboxylic acids is 1. The second-order valence-corrected chi connectivity index (χ2v) is 8.45. The van der Waals surface area contributed by atoms with Gasteiger partial charge in [-0.05, 0) is 65.0 Å². The van der Waals surface area contributed by atoms with Crippen LogP contribution in [0.1, 0.15) is 59.8 Å². The summed E-state index contributed by atoms with van der Waals surface area (Å²) in [4.78, 5) is 14.4. The molecule has 23 heavy (non-hydrogen) atoms. The van der Waals surface area contributed by atoms with Gasteiger partial charge in [-0.3, -0.25) is 4.79 Å². The van der Waals surface area contributed by atoms with E-state index < -0.39 is 0 Å². The van der Waals surface area contributed by atoms with Gasteiger partial charge in [-0.15, -0.1) is 0 Å². The number of rotatable bonds is 9. The maximum absolute atomic E-state index is 12.3. The summed E-state index contributed by atoms with van der Waals surface area (Å²) in [7, 11) is 4.06. The lowest BCUT2D eigenvalue weighted by molar-refractivity contribution is -0.124. The molecule has 0 aliphatic carbocycles. The van der Waals surface area contributed by atoms with Gasteiger partial charge < -0.3 is 15.0 Å². The van der Waals surface area contributed by atoms with Crippen LogP contribution in [-0.2, 0) is 9.53 Å². The van der Waals surface area contributed by atoms with Gasteiger partial charge >= 0.3 is 0 Å². The summed E-state index contributed by atoms with van der Waals surface area (Å²) < 4.78 is 5.86. The molecule has 1 amide bonds. The molecule has 1 heterocycles. The topological polar surface area (TPSA) is 41.6 Å². The third-order valence-electron chi connectivity index (χ3n) is 4.85. The van der Waals surface area contributed by atoms with Gasteiger partial charge in [0, 0.05) is 26.1 Å². The monoisotopic (exact) mass is 326 g/mol. The number of carbonyl (C=O) groups is 1. The molecule has 136 valence electrons. The molecule has 0 spiro atoms. The molecule has 4 heteroatoms. The van der Waals surface area contributed by atoms with E-state index in [4.69, 9.17) is 4.74 Å². The van der Waals surface area contributed by atoms with Gasteiger partial charge in [0.2, 0.25) is 5.91 Å². The van der Waals surface area contributed by atoms with Crippen LogP contribution in [0, 0.1) is 17.8 Å². The van der Waals surface area contributed by atoms with Gasteiger partial charge in [0.1, 0.15) is 0 Å². The summed E-state index contributed by atoms with van der Waals surface area (Å²) in [5.41, 5.74) is -0.0413. The van der Waals surface area contributed by atoms with E-state index in [1.807, 2.05) is 14.1 Å². The van der Waals surface area contributed by atoms with Crippen LogP contribution in [0.2, 0.25) is 0 Å². The van der Waals surface area contributed by atoms with Crippen LogP contribution in [0.15, 0.2) is 0 Å². The molecule has 0 bridgehead atoms. The molecule has 0 radical (unpaired) electrons. The minimum absolute atomic E-state index is 0.0413. The quantitative estimate of drug-likeness (QED) is 0.707. The van der Waals surface area contributed by atoms with Crippen molar-refractivity contribution < 1.29 is 9.53 Å². The summed E-state index contributed by atoms with van der Waals surface area (Å²) >= 11 is 0. The minimum atomic E-state index is -0.0413. The summed E-state index contributed by atoms with van der Waals surface area (Å²) in [6.45, 7) is 11.3. The number of likely N-dealkylation sites (N-methyl/N-ethyl adjacent to an activating group) is 1. The lowest BCUT2D eigenvalue weighted by Gasteiger charge is -2.39. The molecule has 1 aliphatic heterocycles. The van der Waals surface area contributed by atoms with Crippen LogP contribution in [0.5, 0.6) is 0 Å². The van der Waals surface area contributed by atoms with E-state index in [2.05, 4.69) is 37.9 Å². The Morgan fingerprint density at radius 2 is 2.00 bits per heavy atom. The first kappa shape index (κ1) is 20.4. The van der Waals surface area contributed by atoms with Crippen LogP contribution in [0.4, 0.5) is 0 Å². The van der Waals surface area contributed by atoms with Gasteiger partial charge in [0.25, 0.3) is 0 Å². The largest absolute Gasteiger partial charge is 0.376 e. The predicted molar refractivity (Wildman–Crippen MR) is 96.5 cm³/mol. The van der Waals surface area contributed by atoms with Crippen molar-refractivity contribution in [3.63, 3.8) is 0 Å². The van der Waals surface area contributed by atoms with E-state index in [9.17, 15) is 4.79 Å². The number of nitrogens with one attached hydrogen (secondary N) is 1. The molecule has 1 N–H and O–H groups in total. The van der Waals surface area contributed by atoms with E-state index in [0.29, 0.717) is 24.2 Å². The van der Waals surface area contributed by atoms with Crippen molar-refractivity contribution in [3.05, 3.63) is 0 Å². The molecule has 2 unspecified atom stereocenters. The number of hydrogen-bond acceptors (Lipinski definition) is 3. The number of amides is 1. The number of ether oxygens (including phenoxy) is 1. The third kappa shape index (κ3) is 8.71. The Morgan fingerprint density at radius 1 is 1.30 bits per heavy atom. The second kappa shape index (κ2) is 9.63. The maximum atomic E-state index is 12.3. The average Bonchev–Trinajstić information content (AvgIpc) is 2.41. The highest BCUT2D eigenvalue weighted by Crippen LogP contribution is 2.37. The van der Waals surface area contributed by atoms with E-state index in [1.54, 1.807) is 0 Å². The third-order valence-corrected chi connectivity index (χ3v) is 4.85. The number of hydrogen-bond donors (Lipinski definition) is 1. The first-order valence-electron chi connectivity index (χ1n) is 9.25. The zero-order valence-corrected chi connectivity index (χ0v) is 16.2. The number of nitrogens with zero attached hydrogens (tertiary/aromatic N) is 1. The fourth-order valence-corrected chi connectivity index (χ4v) is 3.46. The van der Waals surface area contributed by atoms with Crippen LogP contribution in [0.3, 0.4) is 0 Å². The van der Waals surface area contributed by atoms with E-state index in [1.165, 1.54) is 6.42 Å². The first-order chi connectivity index (χ1) is 10.7. The second-order valence-electron chi connectivity index (χ2n) is 8.45. The highest BCUT2D eigenvalue weighted by molar-refractivity contribution is 5.76. The Labute approximate surface area is 143 Å². The highest BCUT2D eigenvalue weighted by Gasteiger charge is 2.34. The van der Waals surface area contributed by atoms with Crippen molar-refractivity contribution in [2.24, 2.45) is 17.8 Å². The SMILES string of the molecule is CC(C)CCC(CC(=O)NCCN(C)C)C1CCOC(C)(C)C1. The standard InChI is InChI=1S/C19H38N2O2/c1-15(2)7-8-16(13-18(22)20-10-11-21(5)6)17-9-12-23-19(3,4)14-17/h15-17H,7-14H2,1-6H3,(H,20,22). The van der Waals surface area contributed by atoms with Gasteiger partial charge in [0.15, 0.2) is 0 Å². The maximum Gasteiger partial charge on any atom is 0.220 e. The molecule has 0 saturated carbocycles. The Kier molecular flexibility index (Phi) is 8.56. The van der Waals surface area contributed by atoms with Gasteiger partial charge in [-0.25, -0.2) is 0 Å². The average molecular weight is 327 g/mol. The van der Waals surface area contributed by atoms with Gasteiger partial charge in [-0.1, -0.05) is 20.3 Å². The Bertz CT molecular complexity index is 353. The molecule has 0 aromatic rings. The molecule has 4 nitrogen and oxygen atoms in total. The van der Waals surface area contributed by atoms with Crippen molar-refractivity contribution in [1.29, 1.82) is 0 Å². The van der Waals surface area contributed by atoms with Gasteiger partial charge in [0.05, 0.1) is 5.60 Å². The van der Waals surface area contributed by atoms with E-state index in [0.717, 1.165) is 39.0 Å². The fraction of sp³-hybridized carbons (Fsp3) is 0.947. The van der Waals surface area contributed by atoms with Crippen LogP contribution < -0.4 is 5.32 Å². The lowest BCUT2D eigenvalue weighted by Crippen LogP contribution is -2.39. The highest BCUT2D eigenvalue weighted by atomic mass is 16.5. The summed E-state index contributed by atoms with van der Waals surface area (Å²) in [5.74, 6) is 2.00. The molecule has 1 aliphatic rings. The van der Waals surface area contributed by atoms with Crippen LogP contribution in [0.25, 0.3) is 0 Å². The van der Waals surface area contributed by atoms with Gasteiger partial charge in [-0.2, -0.15) is 0 Å². The predicted octanol–water partition coefficient (Wildman–Crippen LogP) is 3.31. The summed E-state index contributed by atoms with van der Waals surface area (Å²) in [6, 6.07) is 0. The zero-order chi connectivity index (χ0) is 17.5. The molecule has 1 saturated heterocycles. The Morgan fingerprint density at radius 3 is 2.57 bits per heavy atom. The minimum Gasteiger partial charge on any atom is -0.376 e. The summed E-state index contributed by atoms with van der Waals surface area (Å²) in [6.07, 6.45) is 5.19. The smallest absolute Gasteiger partial charge is 0.220 e. The zero-order valence-electron chi connectivity index (χ0n) is 16.2. The van der Waals surface area contributed by atoms with Crippen molar-refractivity contribution >= 4 is 5.91 Å². The Hall–Kier alpha value is -0.610. The first-order valence-corrected chi connectivity index (χ1v) is 9.25. The normalized spacial score (nSPS) is 22.3. The van der Waals surface area contributed by atoms with Crippen molar-refractivity contribution in [2.75, 3.05) is 33.8 Å². The van der Waals surface area contributed by atoms with Crippen molar-refractivity contribution in [2.45, 2.75) is 65.4 Å². The van der Waals surface area contributed by atoms with E-state index in [-0.39, 0.29) is 11.5 Å². The summed E-state index contributed by atoms with van der Waals surface area (Å²) in [5, 5.41) is 3.08. The molecule has 0 aromatic carbocycles. The Balaban J connectivity index is 2.55. The van der Waals surface area contributed by atoms with E-state index >= 15 is 0 Å². The van der Waals surface area contributed by atoms with Crippen LogP contribution >= 0.6 is 0 Å². The molecular formula is C19H38N2O2. The van der Waals surface area contributed by atoms with Crippen LogP contribution in [-0.4, -0.2) is 50.2 Å². The lowest BCUT2D eigenvalue weighted by atomic mass is 9.75. The molecule has 1 fully saturated rings.